The molecule has 1 N–H and O–H groups in total. The molecule has 18 heavy (non-hydrogen) atoms. The predicted octanol–water partition coefficient (Wildman–Crippen LogP) is 1.24. The first-order valence-electron chi connectivity index (χ1n) is 6.67. The molecule has 1 aliphatic rings. The van der Waals surface area contributed by atoms with Crippen LogP contribution in [-0.4, -0.2) is 41.4 Å². The average molecular weight is 251 g/mol. The lowest BCUT2D eigenvalue weighted by Gasteiger charge is -2.22. The van der Waals surface area contributed by atoms with Gasteiger partial charge < -0.3 is 10.1 Å². The lowest BCUT2D eigenvalue weighted by Crippen LogP contribution is -2.32. The highest BCUT2D eigenvalue weighted by Gasteiger charge is 2.14. The third-order valence-electron chi connectivity index (χ3n) is 3.25. The molecule has 1 aromatic heterocycles. The summed E-state index contributed by atoms with van der Waals surface area (Å²) in [5, 5.41) is 7.39. The number of nitrogens with one attached hydrogen (secondary N) is 1. The Morgan fingerprint density at radius 3 is 3.00 bits per heavy atom. The minimum absolute atomic E-state index is 0.114. The minimum atomic E-state index is 0.114. The summed E-state index contributed by atoms with van der Waals surface area (Å²) < 4.78 is 7.48. The van der Waals surface area contributed by atoms with Crippen molar-refractivity contribution < 1.29 is 9.53 Å². The van der Waals surface area contributed by atoms with Gasteiger partial charge in [0, 0.05) is 19.2 Å². The van der Waals surface area contributed by atoms with Gasteiger partial charge in [-0.15, -0.1) is 0 Å². The maximum Gasteiger partial charge on any atom is 0.168 e. The summed E-state index contributed by atoms with van der Waals surface area (Å²) in [5.74, 6) is 0.114. The Hall–Kier alpha value is -1.20. The van der Waals surface area contributed by atoms with Gasteiger partial charge in [0.2, 0.25) is 0 Å². The molecule has 0 unspecified atom stereocenters. The van der Waals surface area contributed by atoms with Crippen molar-refractivity contribution in [1.82, 2.24) is 15.1 Å². The summed E-state index contributed by atoms with van der Waals surface area (Å²) in [5.41, 5.74) is 0.686. The Morgan fingerprint density at radius 1 is 1.56 bits per heavy atom. The number of hydrogen-bond donors (Lipinski definition) is 1. The van der Waals surface area contributed by atoms with Crippen LogP contribution in [0.5, 0.6) is 0 Å². The van der Waals surface area contributed by atoms with Crippen LogP contribution in [0.2, 0.25) is 0 Å². The molecule has 2 rings (SSSR count). The van der Waals surface area contributed by atoms with Gasteiger partial charge in [0.15, 0.2) is 5.78 Å². The van der Waals surface area contributed by atoms with Gasteiger partial charge in [-0.25, -0.2) is 0 Å². The number of rotatable bonds is 6. The average Bonchev–Trinajstić information content (AvgIpc) is 2.89. The van der Waals surface area contributed by atoms with Gasteiger partial charge in [0.25, 0.3) is 0 Å². The summed E-state index contributed by atoms with van der Waals surface area (Å²) in [6, 6.07) is 0. The molecule has 0 atom stereocenters. The molecule has 5 heteroatoms. The number of piperidine rings is 1. The minimum Gasteiger partial charge on any atom is -0.378 e. The first-order chi connectivity index (χ1) is 8.79. The van der Waals surface area contributed by atoms with Crippen molar-refractivity contribution >= 4 is 5.78 Å². The quantitative estimate of drug-likeness (QED) is 0.773. The van der Waals surface area contributed by atoms with Gasteiger partial charge in [0.1, 0.15) is 0 Å². The van der Waals surface area contributed by atoms with Gasteiger partial charge in [-0.1, -0.05) is 0 Å². The Bertz CT molecular complexity index is 383. The number of nitrogens with zero attached hydrogens (tertiary/aromatic N) is 2. The Morgan fingerprint density at radius 2 is 2.33 bits per heavy atom. The van der Waals surface area contributed by atoms with Crippen molar-refractivity contribution in [2.24, 2.45) is 0 Å². The van der Waals surface area contributed by atoms with Crippen molar-refractivity contribution in [3.8, 4) is 0 Å². The summed E-state index contributed by atoms with van der Waals surface area (Å²) in [6.07, 6.45) is 6.28. The van der Waals surface area contributed by atoms with E-state index in [1.807, 2.05) is 6.92 Å². The van der Waals surface area contributed by atoms with Crippen LogP contribution in [0.3, 0.4) is 0 Å². The van der Waals surface area contributed by atoms with Crippen LogP contribution in [0.25, 0.3) is 0 Å². The van der Waals surface area contributed by atoms with Gasteiger partial charge in [-0.3, -0.25) is 9.48 Å². The second-order valence-electron chi connectivity index (χ2n) is 4.58. The fraction of sp³-hybridized carbons (Fsp3) is 0.692. The number of carbonyl (C=O) groups excluding carboxylic acids is 1. The molecule has 100 valence electrons. The Balaban J connectivity index is 1.70. The SMILES string of the molecule is CCn1cc(C(=O)CCOC2CCNCC2)cn1. The van der Waals surface area contributed by atoms with Crippen LogP contribution in [0.4, 0.5) is 0 Å². The van der Waals surface area contributed by atoms with Gasteiger partial charge >= 0.3 is 0 Å². The number of hydrogen-bond acceptors (Lipinski definition) is 4. The third kappa shape index (κ3) is 3.65. The second-order valence-corrected chi connectivity index (χ2v) is 4.58. The highest BCUT2D eigenvalue weighted by molar-refractivity contribution is 5.95. The summed E-state index contributed by atoms with van der Waals surface area (Å²) in [4.78, 5) is 11.9. The fourth-order valence-corrected chi connectivity index (χ4v) is 2.11. The highest BCUT2D eigenvalue weighted by atomic mass is 16.5. The van der Waals surface area contributed by atoms with E-state index in [4.69, 9.17) is 4.74 Å². The molecule has 0 amide bonds. The molecule has 2 heterocycles. The van der Waals surface area contributed by atoms with E-state index in [1.54, 1.807) is 17.1 Å². The van der Waals surface area contributed by atoms with Crippen molar-refractivity contribution in [1.29, 1.82) is 0 Å². The van der Waals surface area contributed by atoms with Crippen LogP contribution in [0.15, 0.2) is 12.4 Å². The Kier molecular flexibility index (Phi) is 4.90. The zero-order valence-corrected chi connectivity index (χ0v) is 10.9. The molecule has 0 saturated carbocycles. The van der Waals surface area contributed by atoms with E-state index in [0.717, 1.165) is 32.5 Å². The van der Waals surface area contributed by atoms with Crippen molar-refractivity contribution in [3.63, 3.8) is 0 Å². The number of ether oxygens (including phenoxy) is 1. The molecule has 0 radical (unpaired) electrons. The summed E-state index contributed by atoms with van der Waals surface area (Å²) >= 11 is 0. The van der Waals surface area contributed by atoms with Crippen molar-refractivity contribution in [2.45, 2.75) is 38.8 Å². The first-order valence-corrected chi connectivity index (χ1v) is 6.67. The van der Waals surface area contributed by atoms with Crippen LogP contribution in [0, 0.1) is 0 Å². The number of aromatic nitrogens is 2. The molecule has 1 aromatic rings. The summed E-state index contributed by atoms with van der Waals surface area (Å²) in [7, 11) is 0. The standard InChI is InChI=1S/C13H21N3O2/c1-2-16-10-11(9-15-16)13(17)5-8-18-12-3-6-14-7-4-12/h9-10,12,14H,2-8H2,1H3. The van der Waals surface area contributed by atoms with E-state index in [-0.39, 0.29) is 5.78 Å². The monoisotopic (exact) mass is 251 g/mol. The smallest absolute Gasteiger partial charge is 0.168 e. The largest absolute Gasteiger partial charge is 0.378 e. The van der Waals surface area contributed by atoms with Crippen LogP contribution < -0.4 is 5.32 Å². The van der Waals surface area contributed by atoms with Gasteiger partial charge in [-0.05, 0) is 32.9 Å². The van der Waals surface area contributed by atoms with E-state index >= 15 is 0 Å². The van der Waals surface area contributed by atoms with E-state index in [2.05, 4.69) is 10.4 Å². The lowest BCUT2D eigenvalue weighted by molar-refractivity contribution is 0.0313. The van der Waals surface area contributed by atoms with Crippen molar-refractivity contribution in [2.75, 3.05) is 19.7 Å². The predicted molar refractivity (Wildman–Crippen MR) is 68.7 cm³/mol. The number of aryl methyl sites for hydroxylation is 1. The van der Waals surface area contributed by atoms with Gasteiger partial charge in [-0.2, -0.15) is 5.10 Å². The Labute approximate surface area is 108 Å². The molecular weight excluding hydrogens is 230 g/mol. The zero-order valence-electron chi connectivity index (χ0n) is 10.9. The fourth-order valence-electron chi connectivity index (χ4n) is 2.11. The maximum atomic E-state index is 11.9. The molecule has 5 nitrogen and oxygen atoms in total. The molecule has 1 fully saturated rings. The first kappa shape index (κ1) is 13.2. The molecule has 1 aliphatic heterocycles. The molecular formula is C13H21N3O2. The van der Waals surface area contributed by atoms with E-state index < -0.39 is 0 Å². The van der Waals surface area contributed by atoms with Gasteiger partial charge in [0.05, 0.1) is 24.5 Å². The number of Topliss-reactive ketones (excluding diaryl/α,β-unsaturated/α-hetero) is 1. The van der Waals surface area contributed by atoms with Crippen LogP contribution in [-0.2, 0) is 11.3 Å². The third-order valence-corrected chi connectivity index (χ3v) is 3.25. The van der Waals surface area contributed by atoms with E-state index in [0.29, 0.717) is 24.7 Å². The number of ketones is 1. The van der Waals surface area contributed by atoms with E-state index in [1.165, 1.54) is 0 Å². The van der Waals surface area contributed by atoms with Crippen LogP contribution >= 0.6 is 0 Å². The topological polar surface area (TPSA) is 56.1 Å². The second kappa shape index (κ2) is 6.66. The summed E-state index contributed by atoms with van der Waals surface area (Å²) in [6.45, 7) is 5.34. The zero-order chi connectivity index (χ0) is 12.8. The highest BCUT2D eigenvalue weighted by Crippen LogP contribution is 2.09. The van der Waals surface area contributed by atoms with Crippen LogP contribution in [0.1, 0.15) is 36.5 Å². The normalized spacial score (nSPS) is 16.9. The number of carbonyl (C=O) groups is 1. The maximum absolute atomic E-state index is 11.9. The molecule has 0 bridgehead atoms. The lowest BCUT2D eigenvalue weighted by atomic mass is 10.1. The van der Waals surface area contributed by atoms with E-state index in [9.17, 15) is 4.79 Å². The molecule has 0 aromatic carbocycles. The molecule has 0 aliphatic carbocycles. The molecule has 0 spiro atoms. The molecule has 1 saturated heterocycles. The van der Waals surface area contributed by atoms with Crippen molar-refractivity contribution in [3.05, 3.63) is 18.0 Å².